The highest BCUT2D eigenvalue weighted by molar-refractivity contribution is 9.09. The Labute approximate surface area is 119 Å². The minimum Gasteiger partial charge on any atom is -0.495 e. The quantitative estimate of drug-likeness (QED) is 0.777. The number of alkyl halides is 1. The molecule has 0 radical (unpaired) electrons. The average molecular weight is 332 g/mol. The Morgan fingerprint density at radius 3 is 2.56 bits per heavy atom. The molecule has 96 valence electrons. The van der Waals surface area contributed by atoms with Crippen molar-refractivity contribution < 1.29 is 13.9 Å². The van der Waals surface area contributed by atoms with Gasteiger partial charge in [0.1, 0.15) is 16.5 Å². The van der Waals surface area contributed by atoms with Gasteiger partial charge in [0.2, 0.25) is 0 Å². The van der Waals surface area contributed by atoms with Crippen molar-refractivity contribution >= 4 is 27.5 Å². The summed E-state index contributed by atoms with van der Waals surface area (Å²) in [6, 6.07) is 5.61. The molecular weight excluding hydrogens is 319 g/mol. The third-order valence-corrected chi connectivity index (χ3v) is 4.00. The van der Waals surface area contributed by atoms with Crippen LogP contribution in [0.25, 0.3) is 0 Å². The summed E-state index contributed by atoms with van der Waals surface area (Å²) < 4.78 is 15.6. The van der Waals surface area contributed by atoms with Gasteiger partial charge < -0.3 is 13.9 Å². The first-order chi connectivity index (χ1) is 8.69. The van der Waals surface area contributed by atoms with Crippen LogP contribution in [0.1, 0.15) is 16.0 Å². The summed E-state index contributed by atoms with van der Waals surface area (Å²) in [6.07, 6.45) is 3.30. The van der Waals surface area contributed by atoms with Crippen LogP contribution in [0.5, 0.6) is 11.5 Å². The smallest absolute Gasteiger partial charge is 0.145 e. The van der Waals surface area contributed by atoms with Crippen molar-refractivity contribution in [3.63, 3.8) is 0 Å². The molecule has 0 N–H and O–H groups in total. The van der Waals surface area contributed by atoms with Crippen LogP contribution in [0.4, 0.5) is 0 Å². The fraction of sp³-hybridized carbons (Fsp3) is 0.231. The molecule has 1 aromatic heterocycles. The fourth-order valence-electron chi connectivity index (χ4n) is 1.72. The summed E-state index contributed by atoms with van der Waals surface area (Å²) in [5.41, 5.74) is 1.92. The van der Waals surface area contributed by atoms with Gasteiger partial charge in [-0.25, -0.2) is 0 Å². The van der Waals surface area contributed by atoms with E-state index in [1.54, 1.807) is 26.7 Å². The van der Waals surface area contributed by atoms with Crippen LogP contribution in [-0.4, -0.2) is 14.2 Å². The van der Waals surface area contributed by atoms with Gasteiger partial charge in [0.25, 0.3) is 0 Å². The predicted octanol–water partition coefficient (Wildman–Crippen LogP) is 4.43. The van der Waals surface area contributed by atoms with Crippen molar-refractivity contribution in [2.45, 2.75) is 4.83 Å². The molecule has 1 aromatic carbocycles. The SMILES string of the molecule is COc1ccc(C(Br)c2ccoc2)c(OC)c1Cl. The van der Waals surface area contributed by atoms with E-state index in [0.29, 0.717) is 16.5 Å². The van der Waals surface area contributed by atoms with Gasteiger partial charge in [0, 0.05) is 11.1 Å². The van der Waals surface area contributed by atoms with E-state index in [9.17, 15) is 0 Å². The lowest BCUT2D eigenvalue weighted by Crippen LogP contribution is -1.98. The fourth-order valence-corrected chi connectivity index (χ4v) is 2.66. The highest BCUT2D eigenvalue weighted by Crippen LogP contribution is 2.44. The van der Waals surface area contributed by atoms with E-state index < -0.39 is 0 Å². The zero-order chi connectivity index (χ0) is 13.1. The van der Waals surface area contributed by atoms with Crippen molar-refractivity contribution in [2.75, 3.05) is 14.2 Å². The largest absolute Gasteiger partial charge is 0.495 e. The second kappa shape index (κ2) is 5.67. The molecule has 5 heteroatoms. The van der Waals surface area contributed by atoms with Crippen molar-refractivity contribution in [3.05, 3.63) is 46.9 Å². The first kappa shape index (κ1) is 13.3. The number of hydrogen-bond donors (Lipinski definition) is 0. The van der Waals surface area contributed by atoms with Crippen molar-refractivity contribution in [2.24, 2.45) is 0 Å². The normalized spacial score (nSPS) is 12.2. The molecule has 0 aliphatic rings. The molecule has 0 amide bonds. The van der Waals surface area contributed by atoms with E-state index in [2.05, 4.69) is 15.9 Å². The second-order valence-corrected chi connectivity index (χ2v) is 4.92. The van der Waals surface area contributed by atoms with E-state index in [4.69, 9.17) is 25.5 Å². The zero-order valence-corrected chi connectivity index (χ0v) is 12.3. The maximum absolute atomic E-state index is 6.23. The van der Waals surface area contributed by atoms with Crippen LogP contribution in [0.15, 0.2) is 35.1 Å². The third-order valence-electron chi connectivity index (χ3n) is 2.63. The lowest BCUT2D eigenvalue weighted by molar-refractivity contribution is 0.392. The van der Waals surface area contributed by atoms with Gasteiger partial charge in [-0.15, -0.1) is 0 Å². The molecule has 1 heterocycles. The summed E-state index contributed by atoms with van der Waals surface area (Å²) in [7, 11) is 3.15. The lowest BCUT2D eigenvalue weighted by atomic mass is 10.1. The number of hydrogen-bond acceptors (Lipinski definition) is 3. The minimum absolute atomic E-state index is 0.0467. The van der Waals surface area contributed by atoms with Gasteiger partial charge in [0.05, 0.1) is 31.6 Å². The van der Waals surface area contributed by atoms with E-state index in [1.807, 2.05) is 18.2 Å². The summed E-state index contributed by atoms with van der Waals surface area (Å²) in [5.74, 6) is 1.18. The Balaban J connectivity index is 2.48. The maximum Gasteiger partial charge on any atom is 0.145 e. The standard InChI is InChI=1S/C13H12BrClO3/c1-16-10-4-3-9(13(17-2)12(10)15)11(14)8-5-6-18-7-8/h3-7,11H,1-2H3. The summed E-state index contributed by atoms with van der Waals surface area (Å²) >= 11 is 9.83. The molecule has 2 aromatic rings. The summed E-state index contributed by atoms with van der Waals surface area (Å²) in [6.45, 7) is 0. The predicted molar refractivity (Wildman–Crippen MR) is 74.0 cm³/mol. The Hall–Kier alpha value is -1.13. The van der Waals surface area contributed by atoms with Gasteiger partial charge in [-0.2, -0.15) is 0 Å². The minimum atomic E-state index is -0.0467. The second-order valence-electron chi connectivity index (χ2n) is 3.62. The van der Waals surface area contributed by atoms with Crippen molar-refractivity contribution in [1.82, 2.24) is 0 Å². The molecule has 1 atom stereocenters. The van der Waals surface area contributed by atoms with Gasteiger partial charge in [-0.3, -0.25) is 0 Å². The van der Waals surface area contributed by atoms with Gasteiger partial charge >= 0.3 is 0 Å². The van der Waals surface area contributed by atoms with Gasteiger partial charge in [-0.05, 0) is 12.1 Å². The van der Waals surface area contributed by atoms with Crippen LogP contribution >= 0.6 is 27.5 Å². The molecule has 0 spiro atoms. The number of halogens is 2. The lowest BCUT2D eigenvalue weighted by Gasteiger charge is -2.16. The van der Waals surface area contributed by atoms with Crippen LogP contribution < -0.4 is 9.47 Å². The maximum atomic E-state index is 6.23. The van der Waals surface area contributed by atoms with Gasteiger partial charge in [0.15, 0.2) is 0 Å². The Morgan fingerprint density at radius 2 is 2.00 bits per heavy atom. The zero-order valence-electron chi connectivity index (χ0n) is 9.94. The number of ether oxygens (including phenoxy) is 2. The highest BCUT2D eigenvalue weighted by Gasteiger charge is 2.20. The molecule has 1 unspecified atom stereocenters. The third kappa shape index (κ3) is 2.35. The molecular formula is C13H12BrClO3. The van der Waals surface area contributed by atoms with Crippen LogP contribution in [0.3, 0.4) is 0 Å². The van der Waals surface area contributed by atoms with E-state index in [1.165, 1.54) is 0 Å². The van der Waals surface area contributed by atoms with Crippen molar-refractivity contribution in [1.29, 1.82) is 0 Å². The van der Waals surface area contributed by atoms with Gasteiger partial charge in [-0.1, -0.05) is 33.6 Å². The Morgan fingerprint density at radius 1 is 1.22 bits per heavy atom. The highest BCUT2D eigenvalue weighted by atomic mass is 79.9. The first-order valence-corrected chi connectivity index (χ1v) is 6.55. The number of benzene rings is 1. The van der Waals surface area contributed by atoms with E-state index in [-0.39, 0.29) is 4.83 Å². The Kier molecular flexibility index (Phi) is 4.19. The summed E-state index contributed by atoms with van der Waals surface area (Å²) in [4.78, 5) is -0.0467. The first-order valence-electron chi connectivity index (χ1n) is 5.25. The molecule has 0 saturated heterocycles. The molecule has 3 nitrogen and oxygen atoms in total. The molecule has 0 aliphatic carbocycles. The van der Waals surface area contributed by atoms with Crippen molar-refractivity contribution in [3.8, 4) is 11.5 Å². The summed E-state index contributed by atoms with van der Waals surface area (Å²) in [5, 5.41) is 0.463. The molecule has 0 fully saturated rings. The van der Waals surface area contributed by atoms with Crippen LogP contribution in [0, 0.1) is 0 Å². The molecule has 18 heavy (non-hydrogen) atoms. The topological polar surface area (TPSA) is 31.6 Å². The number of rotatable bonds is 4. The molecule has 0 bridgehead atoms. The Bertz CT molecular complexity index is 525. The average Bonchev–Trinajstić information content (AvgIpc) is 2.91. The number of methoxy groups -OCH3 is 2. The van der Waals surface area contributed by atoms with Crippen LogP contribution in [-0.2, 0) is 0 Å². The van der Waals surface area contributed by atoms with Crippen LogP contribution in [0.2, 0.25) is 5.02 Å². The molecule has 0 saturated carbocycles. The molecule has 2 rings (SSSR count). The number of furan rings is 1. The monoisotopic (exact) mass is 330 g/mol. The van der Waals surface area contributed by atoms with E-state index in [0.717, 1.165) is 11.1 Å². The van der Waals surface area contributed by atoms with E-state index >= 15 is 0 Å². The molecule has 0 aliphatic heterocycles.